The molecule has 0 bridgehead atoms. The molecule has 0 spiro atoms. The molecule has 0 nitrogen and oxygen atoms in total. The predicted molar refractivity (Wildman–Crippen MR) is 34.0 cm³/mol. The lowest BCUT2D eigenvalue weighted by atomic mass is 10.1. The molecule has 0 N–H and O–H groups in total. The largest absolute Gasteiger partial charge is 0.0914 e. The highest BCUT2D eigenvalue weighted by Gasteiger charge is 1.84. The molecule has 0 heterocycles. The maximum atomic E-state index is 2.17. The SMILES string of the molecule is CC=C[CH]C(C)C. The summed E-state index contributed by atoms with van der Waals surface area (Å²) >= 11 is 0. The van der Waals surface area contributed by atoms with E-state index in [-0.39, 0.29) is 0 Å². The summed E-state index contributed by atoms with van der Waals surface area (Å²) in [4.78, 5) is 0. The second kappa shape index (κ2) is 3.91. The van der Waals surface area contributed by atoms with E-state index in [4.69, 9.17) is 0 Å². The molecule has 0 saturated carbocycles. The first-order valence-electron chi connectivity index (χ1n) is 2.73. The summed E-state index contributed by atoms with van der Waals surface area (Å²) in [7, 11) is 0. The summed E-state index contributed by atoms with van der Waals surface area (Å²) in [5.74, 6) is 0.691. The fourth-order valence-corrected chi connectivity index (χ4v) is 0.333. The van der Waals surface area contributed by atoms with Crippen molar-refractivity contribution in [3.63, 3.8) is 0 Å². The summed E-state index contributed by atoms with van der Waals surface area (Å²) < 4.78 is 0. The molecule has 0 unspecified atom stereocenters. The lowest BCUT2D eigenvalue weighted by Gasteiger charge is -1.93. The Balaban J connectivity index is 2.97. The second-order valence-corrected chi connectivity index (χ2v) is 1.96. The Bertz CT molecular complexity index is 51.1. The van der Waals surface area contributed by atoms with Crippen molar-refractivity contribution in [2.24, 2.45) is 5.92 Å². The van der Waals surface area contributed by atoms with Crippen LogP contribution in [0.15, 0.2) is 12.2 Å². The molecule has 0 aromatic rings. The Morgan fingerprint density at radius 3 is 2.00 bits per heavy atom. The Kier molecular flexibility index (Phi) is 3.77. The third kappa shape index (κ3) is 5.74. The zero-order valence-corrected chi connectivity index (χ0v) is 5.31. The minimum absolute atomic E-state index is 0.691. The minimum atomic E-state index is 0.691. The Morgan fingerprint density at radius 2 is 1.86 bits per heavy atom. The number of rotatable bonds is 2. The van der Waals surface area contributed by atoms with Gasteiger partial charge in [0.1, 0.15) is 0 Å². The van der Waals surface area contributed by atoms with Gasteiger partial charge in [-0.25, -0.2) is 0 Å². The standard InChI is InChI=1S/C7H13/c1-4-5-6-7(2)3/h4-7H,1-3H3. The van der Waals surface area contributed by atoms with E-state index in [9.17, 15) is 0 Å². The smallest absolute Gasteiger partial charge is 0.0145 e. The molecule has 7 heavy (non-hydrogen) atoms. The molecule has 1 radical (unpaired) electrons. The van der Waals surface area contributed by atoms with Crippen LogP contribution in [-0.2, 0) is 0 Å². The van der Waals surface area contributed by atoms with E-state index in [0.717, 1.165) is 0 Å². The van der Waals surface area contributed by atoms with E-state index in [1.54, 1.807) is 0 Å². The average molecular weight is 97.2 g/mol. The Labute approximate surface area is 46.2 Å². The molecule has 0 saturated heterocycles. The van der Waals surface area contributed by atoms with Crippen molar-refractivity contribution in [1.82, 2.24) is 0 Å². The van der Waals surface area contributed by atoms with Gasteiger partial charge in [-0.05, 0) is 19.3 Å². The third-order valence-electron chi connectivity index (χ3n) is 0.688. The van der Waals surface area contributed by atoms with Gasteiger partial charge in [0.05, 0.1) is 0 Å². The minimum Gasteiger partial charge on any atom is -0.0914 e. The van der Waals surface area contributed by atoms with Gasteiger partial charge in [-0.3, -0.25) is 0 Å². The fourth-order valence-electron chi connectivity index (χ4n) is 0.333. The molecule has 0 aromatic carbocycles. The van der Waals surface area contributed by atoms with Gasteiger partial charge >= 0.3 is 0 Å². The molecule has 0 aromatic heterocycles. The highest BCUT2D eigenvalue weighted by Crippen LogP contribution is 1.96. The van der Waals surface area contributed by atoms with E-state index in [2.05, 4.69) is 26.3 Å². The fraction of sp³-hybridized carbons (Fsp3) is 0.571. The summed E-state index contributed by atoms with van der Waals surface area (Å²) in [6, 6.07) is 0. The summed E-state index contributed by atoms with van der Waals surface area (Å²) in [6.45, 7) is 6.36. The van der Waals surface area contributed by atoms with Gasteiger partial charge in [-0.15, -0.1) is 0 Å². The van der Waals surface area contributed by atoms with Crippen molar-refractivity contribution < 1.29 is 0 Å². The van der Waals surface area contributed by atoms with Gasteiger partial charge in [0.2, 0.25) is 0 Å². The number of hydrogen-bond donors (Lipinski definition) is 0. The summed E-state index contributed by atoms with van der Waals surface area (Å²) in [5, 5.41) is 0. The van der Waals surface area contributed by atoms with Gasteiger partial charge in [-0.2, -0.15) is 0 Å². The van der Waals surface area contributed by atoms with Crippen LogP contribution in [0.3, 0.4) is 0 Å². The van der Waals surface area contributed by atoms with E-state index in [1.165, 1.54) is 0 Å². The van der Waals surface area contributed by atoms with Crippen LogP contribution in [0.4, 0.5) is 0 Å². The monoisotopic (exact) mass is 97.1 g/mol. The lowest BCUT2D eigenvalue weighted by molar-refractivity contribution is 0.785. The first-order chi connectivity index (χ1) is 3.27. The van der Waals surface area contributed by atoms with Gasteiger partial charge in [0.25, 0.3) is 0 Å². The van der Waals surface area contributed by atoms with E-state index in [0.29, 0.717) is 5.92 Å². The van der Waals surface area contributed by atoms with Crippen molar-refractivity contribution in [3.05, 3.63) is 18.6 Å². The zero-order chi connectivity index (χ0) is 5.70. The molecule has 0 amide bonds. The number of hydrogen-bond acceptors (Lipinski definition) is 0. The third-order valence-corrected chi connectivity index (χ3v) is 0.688. The van der Waals surface area contributed by atoms with Crippen LogP contribution in [0, 0.1) is 12.3 Å². The highest BCUT2D eigenvalue weighted by atomic mass is 13.9. The van der Waals surface area contributed by atoms with Crippen LogP contribution in [-0.4, -0.2) is 0 Å². The van der Waals surface area contributed by atoms with Crippen molar-refractivity contribution in [2.45, 2.75) is 20.8 Å². The maximum absolute atomic E-state index is 2.17. The van der Waals surface area contributed by atoms with Crippen molar-refractivity contribution in [1.29, 1.82) is 0 Å². The normalized spacial score (nSPS) is 11.4. The lowest BCUT2D eigenvalue weighted by Crippen LogP contribution is -1.81. The molecule has 0 aliphatic carbocycles. The molecule has 0 fully saturated rings. The van der Waals surface area contributed by atoms with Gasteiger partial charge in [0.15, 0.2) is 0 Å². The number of allylic oxidation sites excluding steroid dienone is 2. The highest BCUT2D eigenvalue weighted by molar-refractivity contribution is 4.93. The summed E-state index contributed by atoms with van der Waals surface area (Å²) in [6.07, 6.45) is 6.28. The van der Waals surface area contributed by atoms with Crippen molar-refractivity contribution in [3.8, 4) is 0 Å². The van der Waals surface area contributed by atoms with Crippen LogP contribution in [0.5, 0.6) is 0 Å². The molecule has 0 rings (SSSR count). The zero-order valence-electron chi connectivity index (χ0n) is 5.31. The Morgan fingerprint density at radius 1 is 1.29 bits per heavy atom. The molecule has 0 aliphatic rings. The molecule has 0 aliphatic heterocycles. The van der Waals surface area contributed by atoms with Crippen LogP contribution in [0.25, 0.3) is 0 Å². The molecule has 0 atom stereocenters. The Hall–Kier alpha value is -0.260. The first-order valence-corrected chi connectivity index (χ1v) is 2.73. The van der Waals surface area contributed by atoms with Gasteiger partial charge < -0.3 is 0 Å². The van der Waals surface area contributed by atoms with Crippen molar-refractivity contribution >= 4 is 0 Å². The average Bonchev–Trinajstić information content (AvgIpc) is 1.61. The molecule has 41 valence electrons. The predicted octanol–water partition coefficient (Wildman–Crippen LogP) is 2.42. The maximum Gasteiger partial charge on any atom is -0.0145 e. The van der Waals surface area contributed by atoms with E-state index in [1.807, 2.05) is 13.0 Å². The molecule has 0 heteroatoms. The van der Waals surface area contributed by atoms with Crippen LogP contribution >= 0.6 is 0 Å². The van der Waals surface area contributed by atoms with Gasteiger partial charge in [0, 0.05) is 0 Å². The van der Waals surface area contributed by atoms with Crippen LogP contribution in [0.2, 0.25) is 0 Å². The van der Waals surface area contributed by atoms with Crippen LogP contribution < -0.4 is 0 Å². The first kappa shape index (κ1) is 6.74. The molecular weight excluding hydrogens is 84.1 g/mol. The second-order valence-electron chi connectivity index (χ2n) is 1.96. The van der Waals surface area contributed by atoms with Crippen LogP contribution in [0.1, 0.15) is 20.8 Å². The quantitative estimate of drug-likeness (QED) is 0.496. The van der Waals surface area contributed by atoms with Crippen molar-refractivity contribution in [2.75, 3.05) is 0 Å². The van der Waals surface area contributed by atoms with E-state index < -0.39 is 0 Å². The van der Waals surface area contributed by atoms with E-state index >= 15 is 0 Å². The molecular formula is C7H13. The topological polar surface area (TPSA) is 0 Å². The van der Waals surface area contributed by atoms with Gasteiger partial charge in [-0.1, -0.05) is 26.0 Å². The summed E-state index contributed by atoms with van der Waals surface area (Å²) in [5.41, 5.74) is 0.